The lowest BCUT2D eigenvalue weighted by atomic mass is 9.81. The third-order valence-electron chi connectivity index (χ3n) is 13.1. The predicted octanol–water partition coefficient (Wildman–Crippen LogP) is 14.6. The summed E-state index contributed by atoms with van der Waals surface area (Å²) < 4.78 is 13.0. The molecule has 2 atom stereocenters. The molecule has 0 saturated heterocycles. The minimum atomic E-state index is -0.502. The molecule has 5 nitrogen and oxygen atoms in total. The second-order valence-electron chi connectivity index (χ2n) is 16.5. The maximum absolute atomic E-state index is 11.0. The maximum atomic E-state index is 11.0. The molecule has 0 saturated carbocycles. The highest BCUT2D eigenvalue weighted by Crippen LogP contribution is 2.52. The molecule has 302 valence electrons. The maximum Gasteiger partial charge on any atom is 0.200 e. The summed E-state index contributed by atoms with van der Waals surface area (Å²) in [5.41, 5.74) is 11.3. The van der Waals surface area contributed by atoms with E-state index in [4.69, 9.17) is 9.15 Å². The van der Waals surface area contributed by atoms with Crippen molar-refractivity contribution in [2.45, 2.75) is 39.7 Å². The monoisotopic (exact) mass is 808 g/mol. The average Bonchev–Trinajstić information content (AvgIpc) is 3.87. The molecule has 3 aliphatic rings. The third-order valence-corrected chi connectivity index (χ3v) is 13.1. The molecule has 0 amide bonds. The van der Waals surface area contributed by atoms with Crippen molar-refractivity contribution in [3.63, 3.8) is 0 Å². The predicted molar refractivity (Wildman–Crippen MR) is 254 cm³/mol. The summed E-state index contributed by atoms with van der Waals surface area (Å²) in [7, 11) is 0. The number of aryl methyl sites for hydroxylation is 1. The zero-order chi connectivity index (χ0) is 42.2. The minimum absolute atomic E-state index is 0.0307. The molecule has 0 fully saturated rings. The highest BCUT2D eigenvalue weighted by atomic mass is 16.5. The standard InChI is InChI=1S/C57H44O5/c1-4-15-47-39(38-18-11-13-24-48(38)61-47)27-29-45-37(30-31-50-53(45)46-23-12-14-25-49(46)62-50)36-26-28-44(35-17-6-5-16-34(35)36)52-40-19-7-9-21-42(40)54(43-22-10-8-20-41(43)52)51-32(2)55(58)57(60)56(59)33(51)3/h4-13,15-24,26-31,38,48,58-60H,14,25H2,1-3H3/b15-4-,29-27+. The molecule has 2 aliphatic carbocycles. The second kappa shape index (κ2) is 14.6. The van der Waals surface area contributed by atoms with Crippen LogP contribution in [0.15, 0.2) is 161 Å². The number of fused-ring (bicyclic) bond motifs is 7. The summed E-state index contributed by atoms with van der Waals surface area (Å²) in [6.07, 6.45) is 23.4. The third kappa shape index (κ3) is 5.61. The number of phenolic OH excluding ortho intramolecular Hbond substituents is 3. The Morgan fingerprint density at radius 1 is 0.597 bits per heavy atom. The highest BCUT2D eigenvalue weighted by molar-refractivity contribution is 6.25. The first-order valence-corrected chi connectivity index (χ1v) is 21.4. The molecule has 62 heavy (non-hydrogen) atoms. The summed E-state index contributed by atoms with van der Waals surface area (Å²) in [6, 6.07) is 34.3. The number of furan rings is 1. The van der Waals surface area contributed by atoms with Gasteiger partial charge in [0.2, 0.25) is 5.75 Å². The van der Waals surface area contributed by atoms with Crippen molar-refractivity contribution in [3.05, 3.63) is 185 Å². The number of allylic oxidation sites excluding steroid dienone is 6. The molecular weight excluding hydrogens is 765 g/mol. The fourth-order valence-corrected chi connectivity index (χ4v) is 10.3. The molecule has 1 aliphatic heterocycles. The molecule has 5 heteroatoms. The van der Waals surface area contributed by atoms with E-state index >= 15 is 0 Å². The Balaban J connectivity index is 1.16. The van der Waals surface area contributed by atoms with E-state index in [0.717, 1.165) is 112 Å². The van der Waals surface area contributed by atoms with Crippen LogP contribution in [0.25, 0.3) is 88.8 Å². The molecule has 0 radical (unpaired) electrons. The first-order valence-electron chi connectivity index (χ1n) is 21.4. The molecular formula is C57H44O5. The Labute approximate surface area is 359 Å². The Hall–Kier alpha value is -7.50. The van der Waals surface area contributed by atoms with Crippen molar-refractivity contribution < 1.29 is 24.5 Å². The number of hydrogen-bond donors (Lipinski definition) is 3. The molecule has 2 unspecified atom stereocenters. The average molecular weight is 809 g/mol. The SMILES string of the molecule is C/C=C\C1=C(/C=C/c2c(-c3ccc(-c4c5ccccc5c(-c5c(C)c(O)c(O)c(O)c5C)c5ccccc45)c4ccccc34)ccc3oc4c(c23)C=CCC4)C2C=CC=CC2O1. The van der Waals surface area contributed by atoms with Gasteiger partial charge in [-0.15, -0.1) is 0 Å². The van der Waals surface area contributed by atoms with E-state index in [1.165, 1.54) is 0 Å². The van der Waals surface area contributed by atoms with Crippen LogP contribution in [-0.2, 0) is 11.2 Å². The molecule has 8 aromatic rings. The second-order valence-corrected chi connectivity index (χ2v) is 16.5. The number of hydrogen-bond acceptors (Lipinski definition) is 5. The van der Waals surface area contributed by atoms with Gasteiger partial charge in [-0.05, 0) is 117 Å². The fraction of sp³-hybridized carbons (Fsp3) is 0.123. The quantitative estimate of drug-likeness (QED) is 0.115. The van der Waals surface area contributed by atoms with Crippen LogP contribution in [0.2, 0.25) is 0 Å². The number of ether oxygens (including phenoxy) is 1. The van der Waals surface area contributed by atoms with Gasteiger partial charge in [-0.25, -0.2) is 0 Å². The molecule has 1 aromatic heterocycles. The van der Waals surface area contributed by atoms with Gasteiger partial charge in [0.05, 0.1) is 0 Å². The lowest BCUT2D eigenvalue weighted by Gasteiger charge is -2.22. The van der Waals surface area contributed by atoms with Crippen LogP contribution in [0.4, 0.5) is 0 Å². The number of aromatic hydroxyl groups is 3. The summed E-state index contributed by atoms with van der Waals surface area (Å²) >= 11 is 0. The van der Waals surface area contributed by atoms with Crippen LogP contribution < -0.4 is 0 Å². The van der Waals surface area contributed by atoms with Crippen LogP contribution in [0.3, 0.4) is 0 Å². The van der Waals surface area contributed by atoms with Crippen LogP contribution in [0, 0.1) is 19.8 Å². The Kier molecular flexibility index (Phi) is 8.83. The van der Waals surface area contributed by atoms with E-state index in [2.05, 4.69) is 140 Å². The normalized spacial score (nSPS) is 17.1. The van der Waals surface area contributed by atoms with Gasteiger partial charge in [0, 0.05) is 40.0 Å². The van der Waals surface area contributed by atoms with Crippen molar-refractivity contribution >= 4 is 55.4 Å². The van der Waals surface area contributed by atoms with Crippen molar-refractivity contribution in [1.29, 1.82) is 0 Å². The summed E-state index contributed by atoms with van der Waals surface area (Å²) in [4.78, 5) is 0. The van der Waals surface area contributed by atoms with Gasteiger partial charge in [-0.1, -0.05) is 140 Å². The van der Waals surface area contributed by atoms with E-state index in [-0.39, 0.29) is 23.5 Å². The van der Waals surface area contributed by atoms with E-state index in [0.29, 0.717) is 16.7 Å². The van der Waals surface area contributed by atoms with Gasteiger partial charge in [0.1, 0.15) is 23.2 Å². The van der Waals surface area contributed by atoms with Crippen LogP contribution in [0.1, 0.15) is 41.4 Å². The Bertz CT molecular complexity index is 3320. The molecule has 0 bridgehead atoms. The van der Waals surface area contributed by atoms with E-state index < -0.39 is 5.75 Å². The molecule has 2 heterocycles. The zero-order valence-electron chi connectivity index (χ0n) is 34.7. The lowest BCUT2D eigenvalue weighted by Crippen LogP contribution is -2.15. The van der Waals surface area contributed by atoms with Crippen molar-refractivity contribution in [1.82, 2.24) is 0 Å². The summed E-state index contributed by atoms with van der Waals surface area (Å²) in [5.74, 6) is 0.899. The first-order chi connectivity index (χ1) is 30.3. The smallest absolute Gasteiger partial charge is 0.200 e. The van der Waals surface area contributed by atoms with E-state index in [9.17, 15) is 15.3 Å². The van der Waals surface area contributed by atoms with Gasteiger partial charge in [-0.2, -0.15) is 0 Å². The van der Waals surface area contributed by atoms with Crippen LogP contribution in [0.5, 0.6) is 17.2 Å². The topological polar surface area (TPSA) is 83.1 Å². The zero-order valence-corrected chi connectivity index (χ0v) is 34.7. The molecule has 3 N–H and O–H groups in total. The lowest BCUT2D eigenvalue weighted by molar-refractivity contribution is 0.173. The van der Waals surface area contributed by atoms with Gasteiger partial charge in [0.25, 0.3) is 0 Å². The Morgan fingerprint density at radius 3 is 1.87 bits per heavy atom. The van der Waals surface area contributed by atoms with Crippen molar-refractivity contribution in [2.24, 2.45) is 5.92 Å². The first kappa shape index (κ1) is 37.5. The van der Waals surface area contributed by atoms with Gasteiger partial charge >= 0.3 is 0 Å². The Morgan fingerprint density at radius 2 is 1.19 bits per heavy atom. The molecule has 0 spiro atoms. The number of rotatable bonds is 6. The minimum Gasteiger partial charge on any atom is -0.504 e. The van der Waals surface area contributed by atoms with Crippen LogP contribution in [-0.4, -0.2) is 21.4 Å². The van der Waals surface area contributed by atoms with E-state index in [1.807, 2.05) is 25.1 Å². The molecule has 11 rings (SSSR count). The van der Waals surface area contributed by atoms with Gasteiger partial charge < -0.3 is 24.5 Å². The van der Waals surface area contributed by atoms with E-state index in [1.54, 1.807) is 13.8 Å². The number of benzene rings is 7. The largest absolute Gasteiger partial charge is 0.504 e. The van der Waals surface area contributed by atoms with Crippen molar-refractivity contribution in [3.8, 4) is 50.6 Å². The van der Waals surface area contributed by atoms with Crippen molar-refractivity contribution in [2.75, 3.05) is 0 Å². The number of phenols is 3. The molecule has 7 aromatic carbocycles. The summed E-state index contributed by atoms with van der Waals surface area (Å²) in [5, 5.41) is 40.1. The van der Waals surface area contributed by atoms with Gasteiger partial charge in [0.15, 0.2) is 11.5 Å². The summed E-state index contributed by atoms with van der Waals surface area (Å²) in [6.45, 7) is 5.60. The van der Waals surface area contributed by atoms with Crippen LogP contribution >= 0.6 is 0 Å². The van der Waals surface area contributed by atoms with Gasteiger partial charge in [-0.3, -0.25) is 0 Å². The fourth-order valence-electron chi connectivity index (χ4n) is 10.3. The highest BCUT2D eigenvalue weighted by Gasteiger charge is 2.32.